The van der Waals surface area contributed by atoms with Crippen molar-refractivity contribution in [2.45, 2.75) is 31.9 Å². The largest absolute Gasteiger partial charge is 0.377 e. The lowest BCUT2D eigenvalue weighted by molar-refractivity contribution is 0.108. The standard InChI is InChI=1S/C15H19NOS/c1-11(16-10-13-6-4-8-17-13)15-9-12-5-2-3-7-14(12)18-15/h2-3,5,7,9,11,13,16H,4,6,8,10H2,1H3. The highest BCUT2D eigenvalue weighted by molar-refractivity contribution is 7.19. The van der Waals surface area contributed by atoms with Gasteiger partial charge in [0.05, 0.1) is 6.10 Å². The minimum absolute atomic E-state index is 0.409. The molecule has 1 saturated heterocycles. The lowest BCUT2D eigenvalue weighted by Gasteiger charge is -2.15. The molecule has 1 aromatic heterocycles. The van der Waals surface area contributed by atoms with Crippen LogP contribution >= 0.6 is 11.3 Å². The number of nitrogens with one attached hydrogen (secondary N) is 1. The summed E-state index contributed by atoms with van der Waals surface area (Å²) >= 11 is 1.88. The summed E-state index contributed by atoms with van der Waals surface area (Å²) in [6.45, 7) is 4.14. The van der Waals surface area contributed by atoms with E-state index in [4.69, 9.17) is 4.74 Å². The van der Waals surface area contributed by atoms with Crippen molar-refractivity contribution in [2.24, 2.45) is 0 Å². The molecule has 96 valence electrons. The Morgan fingerprint density at radius 1 is 1.44 bits per heavy atom. The van der Waals surface area contributed by atoms with Crippen molar-refractivity contribution in [3.05, 3.63) is 35.2 Å². The van der Waals surface area contributed by atoms with Crippen molar-refractivity contribution in [3.8, 4) is 0 Å². The van der Waals surface area contributed by atoms with Gasteiger partial charge in [0.25, 0.3) is 0 Å². The number of fused-ring (bicyclic) bond motifs is 1. The third-order valence-electron chi connectivity index (χ3n) is 3.55. The van der Waals surface area contributed by atoms with Crippen molar-refractivity contribution in [3.63, 3.8) is 0 Å². The second-order valence-corrected chi connectivity index (χ2v) is 6.07. The molecular formula is C15H19NOS. The zero-order valence-corrected chi connectivity index (χ0v) is 11.5. The minimum atomic E-state index is 0.409. The van der Waals surface area contributed by atoms with Gasteiger partial charge in [-0.1, -0.05) is 18.2 Å². The Morgan fingerprint density at radius 2 is 2.33 bits per heavy atom. The summed E-state index contributed by atoms with van der Waals surface area (Å²) in [7, 11) is 0. The summed E-state index contributed by atoms with van der Waals surface area (Å²) in [4.78, 5) is 1.41. The molecular weight excluding hydrogens is 242 g/mol. The van der Waals surface area contributed by atoms with Gasteiger partial charge in [-0.15, -0.1) is 11.3 Å². The maximum absolute atomic E-state index is 5.64. The van der Waals surface area contributed by atoms with Gasteiger partial charge in [0.2, 0.25) is 0 Å². The molecule has 1 N–H and O–H groups in total. The number of hydrogen-bond donors (Lipinski definition) is 1. The van der Waals surface area contributed by atoms with E-state index in [1.807, 2.05) is 11.3 Å². The van der Waals surface area contributed by atoms with Crippen LogP contribution in [0.5, 0.6) is 0 Å². The van der Waals surface area contributed by atoms with E-state index in [9.17, 15) is 0 Å². The molecule has 1 aliphatic heterocycles. The zero-order valence-electron chi connectivity index (χ0n) is 10.7. The van der Waals surface area contributed by atoms with Crippen LogP contribution in [0.1, 0.15) is 30.7 Å². The molecule has 18 heavy (non-hydrogen) atoms. The third kappa shape index (κ3) is 2.58. The Balaban J connectivity index is 1.65. The Bertz CT molecular complexity index is 483. The molecule has 0 saturated carbocycles. The lowest BCUT2D eigenvalue weighted by atomic mass is 10.2. The van der Waals surface area contributed by atoms with E-state index in [0.29, 0.717) is 12.1 Å². The van der Waals surface area contributed by atoms with Gasteiger partial charge < -0.3 is 10.1 Å². The molecule has 3 heteroatoms. The van der Waals surface area contributed by atoms with Crippen molar-refractivity contribution < 1.29 is 4.74 Å². The highest BCUT2D eigenvalue weighted by Gasteiger charge is 2.17. The Morgan fingerprint density at radius 3 is 3.11 bits per heavy atom. The Hall–Kier alpha value is -0.900. The summed E-state index contributed by atoms with van der Waals surface area (Å²) in [5, 5.41) is 4.94. The maximum atomic E-state index is 5.64. The second kappa shape index (κ2) is 5.39. The molecule has 0 aliphatic carbocycles. The number of hydrogen-bond acceptors (Lipinski definition) is 3. The fraction of sp³-hybridized carbons (Fsp3) is 0.467. The normalized spacial score (nSPS) is 21.5. The monoisotopic (exact) mass is 261 g/mol. The fourth-order valence-electron chi connectivity index (χ4n) is 2.43. The lowest BCUT2D eigenvalue weighted by Crippen LogP contribution is -2.28. The van der Waals surface area contributed by atoms with E-state index >= 15 is 0 Å². The minimum Gasteiger partial charge on any atom is -0.377 e. The van der Waals surface area contributed by atoms with Crippen LogP contribution in [0, 0.1) is 0 Å². The maximum Gasteiger partial charge on any atom is 0.0700 e. The zero-order chi connectivity index (χ0) is 12.4. The fourth-order valence-corrected chi connectivity index (χ4v) is 3.52. The number of benzene rings is 1. The van der Waals surface area contributed by atoms with Gasteiger partial charge in [0, 0.05) is 28.8 Å². The average Bonchev–Trinajstić information content (AvgIpc) is 3.04. The molecule has 2 atom stereocenters. The van der Waals surface area contributed by atoms with Gasteiger partial charge in [-0.3, -0.25) is 0 Å². The third-order valence-corrected chi connectivity index (χ3v) is 4.85. The number of rotatable bonds is 4. The van der Waals surface area contributed by atoms with Gasteiger partial charge in [-0.25, -0.2) is 0 Å². The van der Waals surface area contributed by atoms with Crippen LogP contribution in [-0.4, -0.2) is 19.3 Å². The van der Waals surface area contributed by atoms with Crippen molar-refractivity contribution >= 4 is 21.4 Å². The highest BCUT2D eigenvalue weighted by atomic mass is 32.1. The van der Waals surface area contributed by atoms with Gasteiger partial charge in [-0.2, -0.15) is 0 Å². The molecule has 0 amide bonds. The summed E-state index contributed by atoms with van der Waals surface area (Å²) in [5.41, 5.74) is 0. The van der Waals surface area contributed by atoms with Gasteiger partial charge in [0.1, 0.15) is 0 Å². The smallest absolute Gasteiger partial charge is 0.0700 e. The predicted molar refractivity (Wildman–Crippen MR) is 77.2 cm³/mol. The highest BCUT2D eigenvalue weighted by Crippen LogP contribution is 2.29. The first-order chi connectivity index (χ1) is 8.83. The topological polar surface area (TPSA) is 21.3 Å². The van der Waals surface area contributed by atoms with Gasteiger partial charge in [-0.05, 0) is 37.3 Å². The average molecular weight is 261 g/mol. The summed E-state index contributed by atoms with van der Waals surface area (Å²) in [6.07, 6.45) is 2.83. The molecule has 2 heterocycles. The molecule has 3 rings (SSSR count). The molecule has 1 fully saturated rings. The SMILES string of the molecule is CC(NCC1CCCO1)c1cc2ccccc2s1. The van der Waals surface area contributed by atoms with Crippen LogP contribution < -0.4 is 5.32 Å². The molecule has 0 spiro atoms. The molecule has 1 aromatic carbocycles. The van der Waals surface area contributed by atoms with Gasteiger partial charge >= 0.3 is 0 Å². The summed E-state index contributed by atoms with van der Waals surface area (Å²) in [5.74, 6) is 0. The summed E-state index contributed by atoms with van der Waals surface area (Å²) in [6, 6.07) is 11.3. The van der Waals surface area contributed by atoms with Crippen molar-refractivity contribution in [1.82, 2.24) is 5.32 Å². The van der Waals surface area contributed by atoms with Crippen LogP contribution in [0.25, 0.3) is 10.1 Å². The Kier molecular flexibility index (Phi) is 3.64. The quantitative estimate of drug-likeness (QED) is 0.905. The first-order valence-electron chi connectivity index (χ1n) is 6.66. The van der Waals surface area contributed by atoms with Crippen LogP contribution in [0.4, 0.5) is 0 Å². The van der Waals surface area contributed by atoms with E-state index in [1.54, 1.807) is 0 Å². The van der Waals surface area contributed by atoms with Crippen molar-refractivity contribution in [2.75, 3.05) is 13.2 Å². The molecule has 0 bridgehead atoms. The van der Waals surface area contributed by atoms with E-state index in [0.717, 1.165) is 13.2 Å². The summed E-state index contributed by atoms with van der Waals surface area (Å²) < 4.78 is 7.01. The molecule has 0 radical (unpaired) electrons. The first kappa shape index (κ1) is 12.2. The van der Waals surface area contributed by atoms with Crippen LogP contribution in [-0.2, 0) is 4.74 Å². The van der Waals surface area contributed by atoms with E-state index in [1.165, 1.54) is 27.8 Å². The number of thiophene rings is 1. The van der Waals surface area contributed by atoms with Crippen LogP contribution in [0.15, 0.2) is 30.3 Å². The first-order valence-corrected chi connectivity index (χ1v) is 7.48. The van der Waals surface area contributed by atoms with Crippen LogP contribution in [0.2, 0.25) is 0 Å². The Labute approximate surface area is 112 Å². The predicted octanol–water partition coefficient (Wildman–Crippen LogP) is 3.73. The number of ether oxygens (including phenoxy) is 1. The second-order valence-electron chi connectivity index (χ2n) is 4.95. The molecule has 2 unspecified atom stereocenters. The molecule has 2 nitrogen and oxygen atoms in total. The van der Waals surface area contributed by atoms with Crippen LogP contribution in [0.3, 0.4) is 0 Å². The van der Waals surface area contributed by atoms with Gasteiger partial charge in [0.15, 0.2) is 0 Å². The van der Waals surface area contributed by atoms with Crippen molar-refractivity contribution in [1.29, 1.82) is 0 Å². The van der Waals surface area contributed by atoms with E-state index in [-0.39, 0.29) is 0 Å². The van der Waals surface area contributed by atoms with E-state index in [2.05, 4.69) is 42.6 Å². The molecule has 2 aromatic rings. The van der Waals surface area contributed by atoms with E-state index < -0.39 is 0 Å². The molecule has 1 aliphatic rings.